The van der Waals surface area contributed by atoms with Gasteiger partial charge in [0, 0.05) is 17.8 Å². The summed E-state index contributed by atoms with van der Waals surface area (Å²) >= 11 is 0. The summed E-state index contributed by atoms with van der Waals surface area (Å²) in [5, 5.41) is 10.5. The van der Waals surface area contributed by atoms with Crippen LogP contribution in [0, 0.1) is 10.1 Å². The van der Waals surface area contributed by atoms with E-state index >= 15 is 0 Å². The predicted octanol–water partition coefficient (Wildman–Crippen LogP) is 0.892. The second-order valence-corrected chi connectivity index (χ2v) is 2.89. The summed E-state index contributed by atoms with van der Waals surface area (Å²) in [7, 11) is 1.25. The average molecular weight is 210 g/mol. The molecule has 0 fully saturated rings. The number of nitro groups is 1. The Bertz CT molecular complexity index is 403. The molecule has 80 valence electrons. The Labute approximate surface area is 85.8 Å². The zero-order valence-electron chi connectivity index (χ0n) is 8.10. The maximum Gasteiger partial charge on any atom is 0.310 e. The Hall–Kier alpha value is -2.11. The zero-order chi connectivity index (χ0) is 11.4. The van der Waals surface area contributed by atoms with Crippen molar-refractivity contribution < 1.29 is 14.5 Å². The third kappa shape index (κ3) is 2.67. The number of nitrogens with two attached hydrogens (primary N) is 1. The molecule has 6 nitrogen and oxygen atoms in total. The number of rotatable bonds is 3. The van der Waals surface area contributed by atoms with Crippen molar-refractivity contribution in [3.05, 3.63) is 33.9 Å². The molecule has 6 heteroatoms. The van der Waals surface area contributed by atoms with Crippen LogP contribution < -0.4 is 5.73 Å². The van der Waals surface area contributed by atoms with Gasteiger partial charge in [0.2, 0.25) is 0 Å². The van der Waals surface area contributed by atoms with Crippen LogP contribution in [-0.2, 0) is 16.0 Å². The summed E-state index contributed by atoms with van der Waals surface area (Å²) in [6.45, 7) is 0. The Morgan fingerprint density at radius 1 is 1.60 bits per heavy atom. The van der Waals surface area contributed by atoms with E-state index in [1.54, 1.807) is 0 Å². The highest BCUT2D eigenvalue weighted by Crippen LogP contribution is 2.20. The number of carbonyl (C=O) groups excluding carboxylic acids is 1. The number of carbonyl (C=O) groups is 1. The molecule has 1 rings (SSSR count). The smallest absolute Gasteiger partial charge is 0.310 e. The Morgan fingerprint density at radius 2 is 2.27 bits per heavy atom. The summed E-state index contributed by atoms with van der Waals surface area (Å²) in [4.78, 5) is 20.9. The van der Waals surface area contributed by atoms with Crippen molar-refractivity contribution in [3.63, 3.8) is 0 Å². The van der Waals surface area contributed by atoms with Gasteiger partial charge in [-0.05, 0) is 11.6 Å². The molecule has 0 amide bonds. The Morgan fingerprint density at radius 3 is 2.80 bits per heavy atom. The minimum Gasteiger partial charge on any atom is -0.469 e. The fraction of sp³-hybridized carbons (Fsp3) is 0.222. The number of methoxy groups -OCH3 is 1. The second-order valence-electron chi connectivity index (χ2n) is 2.89. The summed E-state index contributed by atoms with van der Waals surface area (Å²) < 4.78 is 4.45. The molecule has 1 aromatic rings. The number of benzene rings is 1. The van der Waals surface area contributed by atoms with Crippen LogP contribution in [0.3, 0.4) is 0 Å². The number of anilines is 1. The fourth-order valence-corrected chi connectivity index (χ4v) is 1.09. The van der Waals surface area contributed by atoms with Gasteiger partial charge in [-0.1, -0.05) is 0 Å². The molecule has 0 atom stereocenters. The van der Waals surface area contributed by atoms with Crippen LogP contribution in [0.25, 0.3) is 0 Å². The molecule has 0 radical (unpaired) electrons. The molecule has 0 aliphatic rings. The largest absolute Gasteiger partial charge is 0.469 e. The van der Waals surface area contributed by atoms with Crippen molar-refractivity contribution in [3.8, 4) is 0 Å². The minimum atomic E-state index is -0.541. The van der Waals surface area contributed by atoms with Gasteiger partial charge in [-0.25, -0.2) is 0 Å². The summed E-state index contributed by atoms with van der Waals surface area (Å²) in [5.41, 5.74) is 6.21. The van der Waals surface area contributed by atoms with E-state index in [1.807, 2.05) is 0 Å². The number of nitrogens with zero attached hydrogens (tertiary/aromatic N) is 1. The normalized spacial score (nSPS) is 9.67. The van der Waals surface area contributed by atoms with E-state index in [0.29, 0.717) is 11.3 Å². The van der Waals surface area contributed by atoms with Gasteiger partial charge in [0.15, 0.2) is 0 Å². The van der Waals surface area contributed by atoms with Crippen molar-refractivity contribution in [2.24, 2.45) is 0 Å². The fourth-order valence-electron chi connectivity index (χ4n) is 1.09. The van der Waals surface area contributed by atoms with E-state index in [2.05, 4.69) is 4.74 Å². The molecule has 0 heterocycles. The molecule has 0 bridgehead atoms. The molecule has 2 N–H and O–H groups in total. The van der Waals surface area contributed by atoms with Gasteiger partial charge in [-0.3, -0.25) is 14.9 Å². The lowest BCUT2D eigenvalue weighted by Crippen LogP contribution is -2.07. The van der Waals surface area contributed by atoms with Gasteiger partial charge >= 0.3 is 5.97 Å². The van der Waals surface area contributed by atoms with Crippen molar-refractivity contribution >= 4 is 17.3 Å². The topological polar surface area (TPSA) is 95.5 Å². The van der Waals surface area contributed by atoms with Crippen LogP contribution in [-0.4, -0.2) is 18.0 Å². The number of hydrogen-bond acceptors (Lipinski definition) is 5. The quantitative estimate of drug-likeness (QED) is 0.346. The van der Waals surface area contributed by atoms with E-state index in [1.165, 1.54) is 25.3 Å². The third-order valence-corrected chi connectivity index (χ3v) is 1.90. The predicted molar refractivity (Wildman–Crippen MR) is 53.2 cm³/mol. The number of ether oxygens (including phenoxy) is 1. The van der Waals surface area contributed by atoms with Crippen LogP contribution in [0.4, 0.5) is 11.4 Å². The van der Waals surface area contributed by atoms with Crippen LogP contribution in [0.2, 0.25) is 0 Å². The molecular weight excluding hydrogens is 200 g/mol. The first kappa shape index (κ1) is 11.0. The first-order valence-electron chi connectivity index (χ1n) is 4.14. The zero-order valence-corrected chi connectivity index (χ0v) is 8.10. The number of nitrogen functional groups attached to an aromatic ring is 1. The van der Waals surface area contributed by atoms with Crippen molar-refractivity contribution in [1.82, 2.24) is 0 Å². The van der Waals surface area contributed by atoms with Gasteiger partial charge in [-0.2, -0.15) is 0 Å². The molecule has 0 aromatic heterocycles. The number of hydrogen-bond donors (Lipinski definition) is 1. The molecule has 0 aliphatic heterocycles. The summed E-state index contributed by atoms with van der Waals surface area (Å²) in [5.74, 6) is -0.484. The molecule has 15 heavy (non-hydrogen) atoms. The maximum absolute atomic E-state index is 11.0. The first-order chi connectivity index (χ1) is 7.04. The third-order valence-electron chi connectivity index (χ3n) is 1.90. The van der Waals surface area contributed by atoms with Gasteiger partial charge in [0.1, 0.15) is 0 Å². The van der Waals surface area contributed by atoms with Gasteiger partial charge in [-0.15, -0.1) is 0 Å². The lowest BCUT2D eigenvalue weighted by atomic mass is 10.1. The lowest BCUT2D eigenvalue weighted by molar-refractivity contribution is -0.384. The SMILES string of the molecule is COC(=O)Cc1cc([N+](=O)[O-])ccc1N. The van der Waals surface area contributed by atoms with E-state index < -0.39 is 10.9 Å². The Kier molecular flexibility index (Phi) is 3.22. The van der Waals surface area contributed by atoms with Crippen LogP contribution >= 0.6 is 0 Å². The average Bonchev–Trinajstić information content (AvgIpc) is 2.20. The van der Waals surface area contributed by atoms with Crippen molar-refractivity contribution in [2.75, 3.05) is 12.8 Å². The highest BCUT2D eigenvalue weighted by Gasteiger charge is 2.12. The number of esters is 1. The van der Waals surface area contributed by atoms with Crippen LogP contribution in [0.1, 0.15) is 5.56 Å². The molecule has 0 unspecified atom stereocenters. The first-order valence-corrected chi connectivity index (χ1v) is 4.14. The molecule has 0 aliphatic carbocycles. The van der Waals surface area contributed by atoms with Crippen LogP contribution in [0.5, 0.6) is 0 Å². The number of non-ortho nitro benzene ring substituents is 1. The highest BCUT2D eigenvalue weighted by atomic mass is 16.6. The monoisotopic (exact) mass is 210 g/mol. The van der Waals surface area contributed by atoms with E-state index in [-0.39, 0.29) is 12.1 Å². The van der Waals surface area contributed by atoms with E-state index in [0.717, 1.165) is 0 Å². The second kappa shape index (κ2) is 4.41. The van der Waals surface area contributed by atoms with Crippen molar-refractivity contribution in [2.45, 2.75) is 6.42 Å². The molecule has 1 aromatic carbocycles. The van der Waals surface area contributed by atoms with E-state index in [9.17, 15) is 14.9 Å². The lowest BCUT2D eigenvalue weighted by Gasteiger charge is -2.03. The number of nitro benzene ring substituents is 1. The van der Waals surface area contributed by atoms with E-state index in [4.69, 9.17) is 5.73 Å². The maximum atomic E-state index is 11.0. The van der Waals surface area contributed by atoms with Crippen LogP contribution in [0.15, 0.2) is 18.2 Å². The molecule has 0 saturated heterocycles. The van der Waals surface area contributed by atoms with Gasteiger partial charge < -0.3 is 10.5 Å². The standard InChI is InChI=1S/C9H10N2O4/c1-15-9(12)5-6-4-7(11(13)14)2-3-8(6)10/h2-4H,5,10H2,1H3. The van der Waals surface area contributed by atoms with Crippen molar-refractivity contribution in [1.29, 1.82) is 0 Å². The van der Waals surface area contributed by atoms with Gasteiger partial charge in [0.25, 0.3) is 5.69 Å². The van der Waals surface area contributed by atoms with Gasteiger partial charge in [0.05, 0.1) is 18.5 Å². The summed E-state index contributed by atoms with van der Waals surface area (Å²) in [6, 6.07) is 3.96. The Balaban J connectivity index is 3.00. The summed E-state index contributed by atoms with van der Waals surface area (Å²) in [6.07, 6.45) is -0.0655. The molecular formula is C9H10N2O4. The molecule has 0 saturated carbocycles. The highest BCUT2D eigenvalue weighted by molar-refractivity contribution is 5.75. The minimum absolute atomic E-state index is 0.0655. The molecule has 0 spiro atoms.